The number of H-pyrrole nitrogens is 1. The molecule has 0 spiro atoms. The highest BCUT2D eigenvalue weighted by molar-refractivity contribution is 5.04. The van der Waals surface area contributed by atoms with Gasteiger partial charge in [0.05, 0.1) is 0 Å². The highest BCUT2D eigenvalue weighted by atomic mass is 15.2. The molecule has 0 radical (unpaired) electrons. The van der Waals surface area contributed by atoms with E-state index < -0.39 is 0 Å². The molecule has 20 heavy (non-hydrogen) atoms. The number of unbranched alkanes of at least 4 members (excludes halogenated alkanes) is 1. The first-order chi connectivity index (χ1) is 9.86. The van der Waals surface area contributed by atoms with E-state index in [2.05, 4.69) is 17.1 Å². The van der Waals surface area contributed by atoms with Gasteiger partial charge in [-0.3, -0.25) is 5.10 Å². The van der Waals surface area contributed by atoms with Crippen molar-refractivity contribution in [1.82, 2.24) is 15.2 Å². The number of nitrogens with one attached hydrogen (secondary N) is 1. The lowest BCUT2D eigenvalue weighted by molar-refractivity contribution is 0.299. The average molecular weight is 275 g/mol. The van der Waals surface area contributed by atoms with Crippen molar-refractivity contribution in [2.45, 2.75) is 89.4 Å². The normalized spacial score (nSPS) is 28.1. The van der Waals surface area contributed by atoms with Crippen LogP contribution in [0.3, 0.4) is 0 Å². The highest BCUT2D eigenvalue weighted by Gasteiger charge is 2.26. The zero-order valence-electron chi connectivity index (χ0n) is 12.9. The number of aromatic amines is 1. The van der Waals surface area contributed by atoms with E-state index in [0.29, 0.717) is 11.8 Å². The summed E-state index contributed by atoms with van der Waals surface area (Å²) in [4.78, 5) is 4.84. The maximum absolute atomic E-state index is 4.84. The van der Waals surface area contributed by atoms with Crippen LogP contribution in [0.15, 0.2) is 0 Å². The Morgan fingerprint density at radius 3 is 2.45 bits per heavy atom. The minimum Gasteiger partial charge on any atom is -0.263 e. The predicted octanol–water partition coefficient (Wildman–Crippen LogP) is 4.93. The third-order valence-corrected chi connectivity index (χ3v) is 5.44. The summed E-state index contributed by atoms with van der Waals surface area (Å²) < 4.78 is 0. The lowest BCUT2D eigenvalue weighted by atomic mass is 9.79. The molecule has 3 nitrogen and oxygen atoms in total. The molecule has 2 fully saturated rings. The quantitative estimate of drug-likeness (QED) is 0.828. The smallest absolute Gasteiger partial charge is 0.153 e. The molecule has 1 aromatic rings. The third kappa shape index (κ3) is 3.24. The topological polar surface area (TPSA) is 41.6 Å². The van der Waals surface area contributed by atoms with Crippen molar-refractivity contribution in [2.75, 3.05) is 0 Å². The van der Waals surface area contributed by atoms with Crippen LogP contribution in [0, 0.1) is 5.92 Å². The van der Waals surface area contributed by atoms with E-state index >= 15 is 0 Å². The van der Waals surface area contributed by atoms with E-state index in [4.69, 9.17) is 4.98 Å². The second-order valence-corrected chi connectivity index (χ2v) is 6.92. The molecule has 2 saturated carbocycles. The standard InChI is InChI=1S/C17H29N3/c1-2-3-6-13-9-11-15(12-10-13)17-18-16(19-20-17)14-7-4-5-8-14/h13-15H,2-12H2,1H3,(H,18,19,20). The Morgan fingerprint density at radius 1 is 1.00 bits per heavy atom. The van der Waals surface area contributed by atoms with Crippen molar-refractivity contribution < 1.29 is 0 Å². The van der Waals surface area contributed by atoms with Gasteiger partial charge in [0.2, 0.25) is 0 Å². The van der Waals surface area contributed by atoms with Crippen LogP contribution in [0.1, 0.15) is 101 Å². The fourth-order valence-corrected chi connectivity index (χ4v) is 4.05. The summed E-state index contributed by atoms with van der Waals surface area (Å²) >= 11 is 0. The Kier molecular flexibility index (Phi) is 4.74. The molecule has 0 aromatic carbocycles. The van der Waals surface area contributed by atoms with E-state index in [0.717, 1.165) is 11.7 Å². The largest absolute Gasteiger partial charge is 0.263 e. The van der Waals surface area contributed by atoms with Crippen molar-refractivity contribution in [3.63, 3.8) is 0 Å². The van der Waals surface area contributed by atoms with Crippen molar-refractivity contribution in [1.29, 1.82) is 0 Å². The van der Waals surface area contributed by atoms with Crippen molar-refractivity contribution >= 4 is 0 Å². The molecule has 3 rings (SSSR count). The van der Waals surface area contributed by atoms with Gasteiger partial charge in [-0.2, -0.15) is 5.10 Å². The third-order valence-electron chi connectivity index (χ3n) is 5.44. The van der Waals surface area contributed by atoms with E-state index in [1.165, 1.54) is 76.5 Å². The lowest BCUT2D eigenvalue weighted by Gasteiger charge is -2.27. The zero-order valence-corrected chi connectivity index (χ0v) is 12.9. The first-order valence-electron chi connectivity index (χ1n) is 8.79. The van der Waals surface area contributed by atoms with Crippen LogP contribution in [-0.4, -0.2) is 15.2 Å². The maximum Gasteiger partial charge on any atom is 0.153 e. The van der Waals surface area contributed by atoms with Gasteiger partial charge in [0.25, 0.3) is 0 Å². The molecule has 0 amide bonds. The van der Waals surface area contributed by atoms with Gasteiger partial charge >= 0.3 is 0 Å². The molecule has 0 unspecified atom stereocenters. The Bertz CT molecular complexity index is 398. The summed E-state index contributed by atoms with van der Waals surface area (Å²) in [5.41, 5.74) is 0. The fourth-order valence-electron chi connectivity index (χ4n) is 4.05. The molecule has 1 N–H and O–H groups in total. The van der Waals surface area contributed by atoms with E-state index in [1.54, 1.807) is 0 Å². The van der Waals surface area contributed by atoms with Crippen molar-refractivity contribution in [3.8, 4) is 0 Å². The zero-order chi connectivity index (χ0) is 13.8. The molecule has 112 valence electrons. The van der Waals surface area contributed by atoms with Gasteiger partial charge in [-0.1, -0.05) is 39.0 Å². The molecule has 2 aliphatic carbocycles. The van der Waals surface area contributed by atoms with Gasteiger partial charge in [-0.05, 0) is 44.4 Å². The van der Waals surface area contributed by atoms with E-state index in [-0.39, 0.29) is 0 Å². The van der Waals surface area contributed by atoms with Gasteiger partial charge in [0.1, 0.15) is 5.82 Å². The van der Waals surface area contributed by atoms with E-state index in [1.807, 2.05) is 0 Å². The molecular formula is C17H29N3. The Labute approximate surface area is 123 Å². The second kappa shape index (κ2) is 6.73. The predicted molar refractivity (Wildman–Crippen MR) is 81.8 cm³/mol. The van der Waals surface area contributed by atoms with Gasteiger partial charge in [-0.25, -0.2) is 4.98 Å². The Hall–Kier alpha value is -0.860. The van der Waals surface area contributed by atoms with Crippen LogP contribution < -0.4 is 0 Å². The van der Waals surface area contributed by atoms with Gasteiger partial charge in [0.15, 0.2) is 5.82 Å². The number of rotatable bonds is 5. The molecule has 3 heteroatoms. The molecular weight excluding hydrogens is 246 g/mol. The summed E-state index contributed by atoms with van der Waals surface area (Å²) in [5.74, 6) is 4.55. The molecule has 0 atom stereocenters. The first-order valence-corrected chi connectivity index (χ1v) is 8.79. The number of nitrogens with zero attached hydrogens (tertiary/aromatic N) is 2. The summed E-state index contributed by atoms with van der Waals surface area (Å²) in [5, 5.41) is 7.76. The average Bonchev–Trinajstić information content (AvgIpc) is 3.16. The second-order valence-electron chi connectivity index (χ2n) is 6.92. The van der Waals surface area contributed by atoms with Crippen LogP contribution >= 0.6 is 0 Å². The summed E-state index contributed by atoms with van der Waals surface area (Å²) in [6, 6.07) is 0. The first kappa shape index (κ1) is 14.1. The fraction of sp³-hybridized carbons (Fsp3) is 0.882. The molecule has 2 aliphatic rings. The van der Waals surface area contributed by atoms with Crippen LogP contribution in [0.4, 0.5) is 0 Å². The minimum absolute atomic E-state index is 0.640. The van der Waals surface area contributed by atoms with E-state index in [9.17, 15) is 0 Å². The SMILES string of the molecule is CCCCC1CCC(c2nc(C3CCCC3)n[nH]2)CC1. The summed E-state index contributed by atoms with van der Waals surface area (Å²) in [6.45, 7) is 2.30. The number of hydrogen-bond acceptors (Lipinski definition) is 2. The Balaban J connectivity index is 1.52. The molecule has 1 heterocycles. The van der Waals surface area contributed by atoms with Crippen LogP contribution in [0.5, 0.6) is 0 Å². The molecule has 0 aliphatic heterocycles. The molecule has 0 bridgehead atoms. The van der Waals surface area contributed by atoms with Gasteiger partial charge < -0.3 is 0 Å². The van der Waals surface area contributed by atoms with Crippen LogP contribution in [0.25, 0.3) is 0 Å². The lowest BCUT2D eigenvalue weighted by Crippen LogP contribution is -2.14. The molecule has 0 saturated heterocycles. The van der Waals surface area contributed by atoms with Crippen LogP contribution in [-0.2, 0) is 0 Å². The Morgan fingerprint density at radius 2 is 1.75 bits per heavy atom. The van der Waals surface area contributed by atoms with Gasteiger partial charge in [0, 0.05) is 11.8 Å². The van der Waals surface area contributed by atoms with Crippen molar-refractivity contribution in [3.05, 3.63) is 11.6 Å². The van der Waals surface area contributed by atoms with Gasteiger partial charge in [-0.15, -0.1) is 0 Å². The number of aromatic nitrogens is 3. The maximum atomic E-state index is 4.84. The van der Waals surface area contributed by atoms with Crippen molar-refractivity contribution in [2.24, 2.45) is 5.92 Å². The van der Waals surface area contributed by atoms with Crippen LogP contribution in [0.2, 0.25) is 0 Å². The highest BCUT2D eigenvalue weighted by Crippen LogP contribution is 2.37. The number of hydrogen-bond donors (Lipinski definition) is 1. The summed E-state index contributed by atoms with van der Waals surface area (Å²) in [6.07, 6.45) is 14.9. The summed E-state index contributed by atoms with van der Waals surface area (Å²) in [7, 11) is 0. The minimum atomic E-state index is 0.640. The molecule has 1 aromatic heterocycles. The monoisotopic (exact) mass is 275 g/mol.